The van der Waals surface area contributed by atoms with Crippen LogP contribution in [0.15, 0.2) is 48.5 Å². The SMILES string of the molecule is O=C(NCC1(c2cccc(Cl)c2)CCOCC1)C1CCCN(C(=O)c2ccc(F)cc2)C1. The molecule has 170 valence electrons. The maximum atomic E-state index is 13.2. The summed E-state index contributed by atoms with van der Waals surface area (Å²) in [6.45, 7) is 2.77. The molecule has 2 fully saturated rings. The van der Waals surface area contributed by atoms with Gasteiger partial charge in [0.25, 0.3) is 5.91 Å². The van der Waals surface area contributed by atoms with Crippen molar-refractivity contribution in [2.75, 3.05) is 32.8 Å². The molecule has 2 saturated heterocycles. The summed E-state index contributed by atoms with van der Waals surface area (Å²) in [5.41, 5.74) is 1.34. The molecule has 2 aliphatic heterocycles. The van der Waals surface area contributed by atoms with Gasteiger partial charge >= 0.3 is 0 Å². The molecule has 0 radical (unpaired) electrons. The van der Waals surface area contributed by atoms with Crippen molar-refractivity contribution in [1.29, 1.82) is 0 Å². The molecule has 2 aliphatic rings. The van der Waals surface area contributed by atoms with Crippen LogP contribution in [0.1, 0.15) is 41.6 Å². The number of piperidine rings is 1. The summed E-state index contributed by atoms with van der Waals surface area (Å²) in [6.07, 6.45) is 3.13. The molecule has 32 heavy (non-hydrogen) atoms. The molecular weight excluding hydrogens is 431 g/mol. The van der Waals surface area contributed by atoms with E-state index in [0.717, 1.165) is 31.2 Å². The maximum absolute atomic E-state index is 13.2. The Labute approximate surface area is 192 Å². The Kier molecular flexibility index (Phi) is 7.11. The van der Waals surface area contributed by atoms with Crippen LogP contribution in [0.2, 0.25) is 5.02 Å². The molecule has 0 aromatic heterocycles. The average molecular weight is 459 g/mol. The standard InChI is InChI=1S/C25H28ClFN2O3/c26-21-5-1-4-20(15-21)25(10-13-32-14-11-25)17-28-23(30)19-3-2-12-29(16-19)24(31)18-6-8-22(27)9-7-18/h1,4-9,15,19H,2-3,10-14,16-17H2,(H,28,30). The van der Waals surface area contributed by atoms with Crippen molar-refractivity contribution in [3.8, 4) is 0 Å². The molecule has 0 aliphatic carbocycles. The summed E-state index contributed by atoms with van der Waals surface area (Å²) in [4.78, 5) is 27.6. The first-order valence-electron chi connectivity index (χ1n) is 11.1. The second-order valence-corrected chi connectivity index (χ2v) is 9.15. The molecule has 4 rings (SSSR count). The molecule has 2 amide bonds. The highest BCUT2D eigenvalue weighted by molar-refractivity contribution is 6.30. The van der Waals surface area contributed by atoms with Gasteiger partial charge in [0.2, 0.25) is 5.91 Å². The molecule has 1 atom stereocenters. The van der Waals surface area contributed by atoms with Crippen molar-refractivity contribution in [3.05, 3.63) is 70.5 Å². The molecule has 0 spiro atoms. The van der Waals surface area contributed by atoms with E-state index in [1.54, 1.807) is 4.90 Å². The predicted octanol–water partition coefficient (Wildman–Crippen LogP) is 4.20. The number of benzene rings is 2. The molecular formula is C25H28ClFN2O3. The summed E-state index contributed by atoms with van der Waals surface area (Å²) in [6, 6.07) is 13.4. The van der Waals surface area contributed by atoms with Crippen LogP contribution in [0, 0.1) is 11.7 Å². The zero-order valence-electron chi connectivity index (χ0n) is 18.0. The summed E-state index contributed by atoms with van der Waals surface area (Å²) in [5.74, 6) is -0.833. The second kappa shape index (κ2) is 10.0. The number of nitrogens with zero attached hydrogens (tertiary/aromatic N) is 1. The third kappa shape index (κ3) is 5.13. The van der Waals surface area contributed by atoms with E-state index < -0.39 is 0 Å². The van der Waals surface area contributed by atoms with Gasteiger partial charge in [0, 0.05) is 48.8 Å². The van der Waals surface area contributed by atoms with E-state index >= 15 is 0 Å². The van der Waals surface area contributed by atoms with Crippen molar-refractivity contribution < 1.29 is 18.7 Å². The van der Waals surface area contributed by atoms with Crippen LogP contribution in [0.25, 0.3) is 0 Å². The lowest BCUT2D eigenvalue weighted by Gasteiger charge is -2.39. The van der Waals surface area contributed by atoms with Crippen molar-refractivity contribution in [2.24, 2.45) is 5.92 Å². The molecule has 1 N–H and O–H groups in total. The number of carbonyl (C=O) groups excluding carboxylic acids is 2. The van der Waals surface area contributed by atoms with Crippen LogP contribution >= 0.6 is 11.6 Å². The summed E-state index contributed by atoms with van der Waals surface area (Å²) in [5, 5.41) is 3.84. The molecule has 2 aromatic carbocycles. The van der Waals surface area contributed by atoms with Crippen molar-refractivity contribution in [3.63, 3.8) is 0 Å². The zero-order chi connectivity index (χ0) is 22.6. The lowest BCUT2D eigenvalue weighted by Crippen LogP contribution is -2.49. The van der Waals surface area contributed by atoms with Gasteiger partial charge in [-0.15, -0.1) is 0 Å². The third-order valence-electron chi connectivity index (χ3n) is 6.66. The highest BCUT2D eigenvalue weighted by Crippen LogP contribution is 2.35. The van der Waals surface area contributed by atoms with Crippen LogP contribution in [0.3, 0.4) is 0 Å². The molecule has 1 unspecified atom stereocenters. The monoisotopic (exact) mass is 458 g/mol. The van der Waals surface area contributed by atoms with E-state index in [9.17, 15) is 14.0 Å². The van der Waals surface area contributed by atoms with Gasteiger partial charge in [-0.1, -0.05) is 23.7 Å². The normalized spacial score (nSPS) is 20.6. The predicted molar refractivity (Wildman–Crippen MR) is 121 cm³/mol. The summed E-state index contributed by atoms with van der Waals surface area (Å²) < 4.78 is 18.8. The second-order valence-electron chi connectivity index (χ2n) is 8.72. The summed E-state index contributed by atoms with van der Waals surface area (Å²) >= 11 is 6.24. The average Bonchev–Trinajstić information content (AvgIpc) is 2.83. The minimum Gasteiger partial charge on any atom is -0.381 e. The van der Waals surface area contributed by atoms with Gasteiger partial charge in [0.1, 0.15) is 5.82 Å². The van der Waals surface area contributed by atoms with Crippen LogP contribution in [0.4, 0.5) is 4.39 Å². The first kappa shape index (κ1) is 22.7. The molecule has 7 heteroatoms. The minimum atomic E-state index is -0.376. The Morgan fingerprint density at radius 1 is 1.16 bits per heavy atom. The molecule has 5 nitrogen and oxygen atoms in total. The van der Waals surface area contributed by atoms with Crippen molar-refractivity contribution in [2.45, 2.75) is 31.1 Å². The number of hydrogen-bond donors (Lipinski definition) is 1. The van der Waals surface area contributed by atoms with Crippen LogP contribution in [-0.2, 0) is 14.9 Å². The van der Waals surface area contributed by atoms with Crippen molar-refractivity contribution in [1.82, 2.24) is 10.2 Å². The minimum absolute atomic E-state index is 0.0329. The fourth-order valence-corrected chi connectivity index (χ4v) is 4.89. The van der Waals surface area contributed by atoms with Gasteiger partial charge in [-0.25, -0.2) is 4.39 Å². The van der Waals surface area contributed by atoms with Gasteiger partial charge in [0.05, 0.1) is 5.92 Å². The Hall–Kier alpha value is -2.44. The lowest BCUT2D eigenvalue weighted by atomic mass is 9.74. The van der Waals surface area contributed by atoms with Gasteiger partial charge < -0.3 is 15.0 Å². The fourth-order valence-electron chi connectivity index (χ4n) is 4.70. The molecule has 2 heterocycles. The Morgan fingerprint density at radius 3 is 2.62 bits per heavy atom. The van der Waals surface area contributed by atoms with E-state index in [2.05, 4.69) is 11.4 Å². The highest BCUT2D eigenvalue weighted by Gasteiger charge is 2.36. The number of ether oxygens (including phenoxy) is 1. The number of rotatable bonds is 5. The van der Waals surface area contributed by atoms with E-state index in [4.69, 9.17) is 16.3 Å². The van der Waals surface area contributed by atoms with Gasteiger partial charge in [-0.05, 0) is 67.6 Å². The Balaban J connectivity index is 1.41. The van der Waals surface area contributed by atoms with Gasteiger partial charge in [-0.2, -0.15) is 0 Å². The van der Waals surface area contributed by atoms with Crippen molar-refractivity contribution >= 4 is 23.4 Å². The zero-order valence-corrected chi connectivity index (χ0v) is 18.7. The highest BCUT2D eigenvalue weighted by atomic mass is 35.5. The molecule has 0 saturated carbocycles. The number of amides is 2. The lowest BCUT2D eigenvalue weighted by molar-refractivity contribution is -0.126. The number of hydrogen-bond acceptors (Lipinski definition) is 3. The molecule has 2 aromatic rings. The maximum Gasteiger partial charge on any atom is 0.253 e. The Morgan fingerprint density at radius 2 is 1.91 bits per heavy atom. The number of nitrogens with one attached hydrogen (secondary N) is 1. The van der Waals surface area contributed by atoms with E-state index in [1.807, 2.05) is 18.2 Å². The van der Waals surface area contributed by atoms with Gasteiger partial charge in [-0.3, -0.25) is 9.59 Å². The Bertz CT molecular complexity index is 960. The quantitative estimate of drug-likeness (QED) is 0.730. The summed E-state index contributed by atoms with van der Waals surface area (Å²) in [7, 11) is 0. The van der Waals surface area contributed by atoms with Gasteiger partial charge in [0.15, 0.2) is 0 Å². The number of carbonyl (C=O) groups is 2. The third-order valence-corrected chi connectivity index (χ3v) is 6.89. The smallest absolute Gasteiger partial charge is 0.253 e. The first-order chi connectivity index (χ1) is 15.5. The van der Waals surface area contributed by atoms with E-state index in [-0.39, 0.29) is 29.0 Å². The first-order valence-corrected chi connectivity index (χ1v) is 11.5. The van der Waals surface area contributed by atoms with Crippen LogP contribution in [-0.4, -0.2) is 49.6 Å². The van der Waals surface area contributed by atoms with Crippen LogP contribution in [0.5, 0.6) is 0 Å². The van der Waals surface area contributed by atoms with Crippen LogP contribution < -0.4 is 5.32 Å². The molecule has 0 bridgehead atoms. The topological polar surface area (TPSA) is 58.6 Å². The fraction of sp³-hybridized carbons (Fsp3) is 0.440. The largest absolute Gasteiger partial charge is 0.381 e. The van der Waals surface area contributed by atoms with E-state index in [1.165, 1.54) is 24.3 Å². The number of likely N-dealkylation sites (tertiary alicyclic amines) is 1. The van der Waals surface area contributed by atoms with E-state index in [0.29, 0.717) is 43.4 Å². The number of halogens is 2.